The average Bonchev–Trinajstić information content (AvgIpc) is 3.47. The lowest BCUT2D eigenvalue weighted by Gasteiger charge is -2.41. The fourth-order valence-corrected chi connectivity index (χ4v) is 5.81. The summed E-state index contributed by atoms with van der Waals surface area (Å²) in [7, 11) is 0. The van der Waals surface area contributed by atoms with E-state index in [-0.39, 0.29) is 42.8 Å². The van der Waals surface area contributed by atoms with Crippen LogP contribution in [-0.2, 0) is 14.3 Å². The number of benzene rings is 1. The zero-order chi connectivity index (χ0) is 24.9. The maximum atomic E-state index is 13.4. The lowest BCUT2D eigenvalue weighted by molar-refractivity contribution is -0.160. The molecule has 8 heteroatoms. The molecule has 0 saturated heterocycles. The summed E-state index contributed by atoms with van der Waals surface area (Å²) in [6.07, 6.45) is 11.4. The molecule has 1 atom stereocenters. The number of fused-ring (bicyclic) bond motifs is 1. The fraction of sp³-hybridized carbons (Fsp3) is 0.536. The summed E-state index contributed by atoms with van der Waals surface area (Å²) in [4.78, 5) is 43.0. The van der Waals surface area contributed by atoms with Gasteiger partial charge in [-0.25, -0.2) is 4.79 Å². The van der Waals surface area contributed by atoms with Crippen molar-refractivity contribution in [1.29, 1.82) is 0 Å². The van der Waals surface area contributed by atoms with E-state index in [0.717, 1.165) is 51.4 Å². The number of nitrogens with zero attached hydrogens (tertiary/aromatic N) is 2. The maximum absolute atomic E-state index is 13.4. The summed E-state index contributed by atoms with van der Waals surface area (Å²) in [6, 6.07) is 10.7. The lowest BCUT2D eigenvalue weighted by atomic mass is 9.88. The Morgan fingerprint density at radius 2 is 1.56 bits per heavy atom. The Labute approximate surface area is 211 Å². The van der Waals surface area contributed by atoms with Gasteiger partial charge in [0.05, 0.1) is 18.5 Å². The highest BCUT2D eigenvalue weighted by Crippen LogP contribution is 2.35. The number of ether oxygens (including phenoxy) is 2. The molecule has 192 valence electrons. The van der Waals surface area contributed by atoms with Gasteiger partial charge in [-0.05, 0) is 49.9 Å². The first-order valence-electron chi connectivity index (χ1n) is 13.2. The van der Waals surface area contributed by atoms with Crippen molar-refractivity contribution in [1.82, 2.24) is 4.90 Å². The Balaban J connectivity index is 1.26. The number of furan rings is 1. The quantitative estimate of drug-likeness (QED) is 0.540. The van der Waals surface area contributed by atoms with Gasteiger partial charge in [-0.1, -0.05) is 50.7 Å². The second kappa shape index (κ2) is 11.2. The van der Waals surface area contributed by atoms with Gasteiger partial charge in [-0.15, -0.1) is 0 Å². The number of para-hydroxylation sites is 2. The molecule has 1 aromatic carbocycles. The van der Waals surface area contributed by atoms with Gasteiger partial charge < -0.3 is 18.8 Å². The molecule has 0 spiro atoms. The van der Waals surface area contributed by atoms with Crippen LogP contribution >= 0.6 is 0 Å². The van der Waals surface area contributed by atoms with Crippen LogP contribution in [0.15, 0.2) is 47.1 Å². The second-order valence-corrected chi connectivity index (χ2v) is 9.96. The van der Waals surface area contributed by atoms with E-state index in [4.69, 9.17) is 13.9 Å². The standard InChI is InChI=1S/C28H34N2O6/c31-26(30(20-10-3-1-4-11-20)21-12-5-2-6-13-21)19-35-28(33)25-18-29(27(32)24-16-9-17-34-24)22-14-7-8-15-23(22)36-25/h7-9,14-17,20-21,25H,1-6,10-13,18-19H2/t25-/m1/s1. The second-order valence-electron chi connectivity index (χ2n) is 9.96. The van der Waals surface area contributed by atoms with E-state index in [1.807, 2.05) is 4.90 Å². The van der Waals surface area contributed by atoms with Crippen LogP contribution in [0.4, 0.5) is 5.69 Å². The Morgan fingerprint density at radius 3 is 2.19 bits per heavy atom. The molecule has 1 aromatic heterocycles. The molecular formula is C28H34N2O6. The summed E-state index contributed by atoms with van der Waals surface area (Å²) in [6.45, 7) is -0.335. The summed E-state index contributed by atoms with van der Waals surface area (Å²) in [5, 5.41) is 0. The molecule has 8 nitrogen and oxygen atoms in total. The van der Waals surface area contributed by atoms with Crippen molar-refractivity contribution in [2.45, 2.75) is 82.4 Å². The van der Waals surface area contributed by atoms with Crippen LogP contribution in [0.2, 0.25) is 0 Å². The Kier molecular flexibility index (Phi) is 7.58. The van der Waals surface area contributed by atoms with Gasteiger partial charge in [-0.3, -0.25) is 14.5 Å². The van der Waals surface area contributed by atoms with E-state index in [2.05, 4.69) is 0 Å². The van der Waals surface area contributed by atoms with Crippen molar-refractivity contribution in [2.75, 3.05) is 18.1 Å². The first-order valence-corrected chi connectivity index (χ1v) is 13.2. The van der Waals surface area contributed by atoms with Gasteiger partial charge in [-0.2, -0.15) is 0 Å². The summed E-state index contributed by atoms with van der Waals surface area (Å²) >= 11 is 0. The molecular weight excluding hydrogens is 460 g/mol. The van der Waals surface area contributed by atoms with Crippen LogP contribution in [-0.4, -0.2) is 54.0 Å². The van der Waals surface area contributed by atoms with E-state index in [0.29, 0.717) is 11.4 Å². The van der Waals surface area contributed by atoms with Crippen molar-refractivity contribution >= 4 is 23.5 Å². The van der Waals surface area contributed by atoms with Crippen molar-refractivity contribution in [3.8, 4) is 5.75 Å². The van der Waals surface area contributed by atoms with Crippen LogP contribution in [0.1, 0.15) is 74.8 Å². The molecule has 2 fully saturated rings. The normalized spacial score (nSPS) is 20.8. The molecule has 2 aromatic rings. The zero-order valence-electron chi connectivity index (χ0n) is 20.6. The third kappa shape index (κ3) is 5.27. The van der Waals surface area contributed by atoms with Gasteiger partial charge in [0.2, 0.25) is 6.10 Å². The number of carbonyl (C=O) groups is 3. The van der Waals surface area contributed by atoms with Crippen LogP contribution < -0.4 is 9.64 Å². The molecule has 0 bridgehead atoms. The number of esters is 1. The molecule has 36 heavy (non-hydrogen) atoms. The fourth-order valence-electron chi connectivity index (χ4n) is 5.81. The molecule has 0 radical (unpaired) electrons. The topological polar surface area (TPSA) is 89.3 Å². The predicted molar refractivity (Wildman–Crippen MR) is 133 cm³/mol. The average molecular weight is 495 g/mol. The number of amides is 2. The zero-order valence-corrected chi connectivity index (χ0v) is 20.6. The highest BCUT2D eigenvalue weighted by atomic mass is 16.6. The summed E-state index contributed by atoms with van der Waals surface area (Å²) < 4.78 is 16.7. The summed E-state index contributed by atoms with van der Waals surface area (Å²) in [5.41, 5.74) is 0.555. The molecule has 2 aliphatic carbocycles. The molecule has 2 amide bonds. The van der Waals surface area contributed by atoms with Gasteiger partial charge in [0.25, 0.3) is 11.8 Å². The van der Waals surface area contributed by atoms with Crippen molar-refractivity contribution < 1.29 is 28.3 Å². The predicted octanol–water partition coefficient (Wildman–Crippen LogP) is 4.72. The third-order valence-corrected chi connectivity index (χ3v) is 7.58. The first kappa shape index (κ1) is 24.4. The Bertz CT molecular complexity index is 1040. The molecule has 0 N–H and O–H groups in total. The highest BCUT2D eigenvalue weighted by molar-refractivity contribution is 6.06. The third-order valence-electron chi connectivity index (χ3n) is 7.58. The number of hydrogen-bond acceptors (Lipinski definition) is 6. The number of rotatable bonds is 6. The monoisotopic (exact) mass is 494 g/mol. The van der Waals surface area contributed by atoms with E-state index in [9.17, 15) is 14.4 Å². The molecule has 1 aliphatic heterocycles. The highest BCUT2D eigenvalue weighted by Gasteiger charge is 2.37. The maximum Gasteiger partial charge on any atom is 0.349 e. The van der Waals surface area contributed by atoms with Crippen molar-refractivity contribution in [2.24, 2.45) is 0 Å². The Morgan fingerprint density at radius 1 is 0.889 bits per heavy atom. The summed E-state index contributed by atoms with van der Waals surface area (Å²) in [5.74, 6) is -0.567. The van der Waals surface area contributed by atoms with Crippen LogP contribution in [0.5, 0.6) is 5.75 Å². The Hall–Kier alpha value is -3.29. The van der Waals surface area contributed by atoms with E-state index < -0.39 is 12.1 Å². The van der Waals surface area contributed by atoms with E-state index in [1.165, 1.54) is 24.0 Å². The smallest absolute Gasteiger partial charge is 0.349 e. The van der Waals surface area contributed by atoms with Crippen molar-refractivity contribution in [3.63, 3.8) is 0 Å². The molecule has 5 rings (SSSR count). The SMILES string of the molecule is O=C(OCC(=O)N(C1CCCCC1)C1CCCCC1)[C@H]1CN(C(=O)c2ccco2)c2ccccc2O1. The van der Waals surface area contributed by atoms with E-state index >= 15 is 0 Å². The van der Waals surface area contributed by atoms with Crippen LogP contribution in [0.3, 0.4) is 0 Å². The van der Waals surface area contributed by atoms with Gasteiger partial charge in [0.15, 0.2) is 12.4 Å². The molecule has 2 saturated carbocycles. The van der Waals surface area contributed by atoms with E-state index in [1.54, 1.807) is 36.4 Å². The number of anilines is 1. The van der Waals surface area contributed by atoms with Crippen LogP contribution in [0.25, 0.3) is 0 Å². The lowest BCUT2D eigenvalue weighted by Crippen LogP contribution is -2.51. The van der Waals surface area contributed by atoms with Gasteiger partial charge >= 0.3 is 5.97 Å². The largest absolute Gasteiger partial charge is 0.475 e. The van der Waals surface area contributed by atoms with Crippen molar-refractivity contribution in [3.05, 3.63) is 48.4 Å². The molecule has 2 heterocycles. The molecule has 0 unspecified atom stereocenters. The number of hydrogen-bond donors (Lipinski definition) is 0. The number of carbonyl (C=O) groups excluding carboxylic acids is 3. The van der Waals surface area contributed by atoms with Gasteiger partial charge in [0, 0.05) is 12.1 Å². The van der Waals surface area contributed by atoms with Crippen LogP contribution in [0, 0.1) is 0 Å². The van der Waals surface area contributed by atoms with Gasteiger partial charge in [0.1, 0.15) is 5.75 Å². The minimum atomic E-state index is -1.04. The molecule has 3 aliphatic rings. The minimum Gasteiger partial charge on any atom is -0.475 e. The first-order chi connectivity index (χ1) is 17.6. The minimum absolute atomic E-state index is 0.0292.